The Morgan fingerprint density at radius 1 is 0.806 bits per heavy atom. The van der Waals surface area contributed by atoms with E-state index in [0.29, 0.717) is 17.5 Å². The van der Waals surface area contributed by atoms with E-state index in [4.69, 9.17) is 19.9 Å². The van der Waals surface area contributed by atoms with E-state index in [1.807, 2.05) is 86.7 Å². The molecule has 2 radical (unpaired) electrons. The third-order valence-corrected chi connectivity index (χ3v) is 12.2. The Hall–Kier alpha value is -6.63. The molecule has 0 aliphatic heterocycles. The highest BCUT2D eigenvalue weighted by Crippen LogP contribution is 2.50. The molecule has 3 aromatic heterocycles. The molecule has 0 saturated carbocycles. The Morgan fingerprint density at radius 2 is 1.50 bits per heavy atom. The minimum Gasteiger partial charge on any atom is -0.311 e. The van der Waals surface area contributed by atoms with E-state index >= 15 is 0 Å². The van der Waals surface area contributed by atoms with Crippen LogP contribution in [0.3, 0.4) is 0 Å². The first kappa shape index (κ1) is 44.9. The quantitative estimate of drug-likeness (QED) is 0.0734. The normalized spacial score (nSPS) is 15.5. The number of nitrogens with zero attached hydrogens (tertiary/aromatic N) is 5. The molecule has 0 N–H and O–H groups in total. The molecule has 0 amide bonds. The fourth-order valence-electron chi connectivity index (χ4n) is 7.91. The Kier molecular flexibility index (Phi) is 14.4. The van der Waals surface area contributed by atoms with Crippen molar-refractivity contribution in [3.05, 3.63) is 204 Å². The maximum Gasteiger partial charge on any atom is 0.164 e. The van der Waals surface area contributed by atoms with E-state index in [9.17, 15) is 0 Å². The molecule has 0 fully saturated rings. The first-order chi connectivity index (χ1) is 29.9. The van der Waals surface area contributed by atoms with Gasteiger partial charge in [0.15, 0.2) is 24.8 Å². The average Bonchev–Trinajstić information content (AvgIpc) is 3.88. The zero-order valence-corrected chi connectivity index (χ0v) is 37.9. The summed E-state index contributed by atoms with van der Waals surface area (Å²) < 4.78 is 3.35. The van der Waals surface area contributed by atoms with Gasteiger partial charge in [0.1, 0.15) is 12.3 Å². The van der Waals surface area contributed by atoms with Crippen LogP contribution in [0.5, 0.6) is 0 Å². The first-order valence-electron chi connectivity index (χ1n) is 20.7. The third kappa shape index (κ3) is 9.02. The number of allylic oxidation sites excluding steroid dienone is 19. The van der Waals surface area contributed by atoms with Crippen LogP contribution in [0.15, 0.2) is 177 Å². The molecule has 0 saturated heterocycles. The molecule has 1 aliphatic rings. The number of hydrogen-bond donors (Lipinski definition) is 0. The first-order valence-corrected chi connectivity index (χ1v) is 21.6. The average molecular weight is 826 g/mol. The van der Waals surface area contributed by atoms with Crippen molar-refractivity contribution in [2.75, 3.05) is 0 Å². The molecule has 6 rings (SSSR count). The molecular weight excluding hydrogens is 772 g/mol. The molecule has 2 aromatic carbocycles. The lowest BCUT2D eigenvalue weighted by molar-refractivity contribution is 0.595. The summed E-state index contributed by atoms with van der Waals surface area (Å²) in [6.07, 6.45) is 27.9. The summed E-state index contributed by atoms with van der Waals surface area (Å²) in [4.78, 5) is 20.0. The van der Waals surface area contributed by atoms with Gasteiger partial charge in [0.25, 0.3) is 0 Å². The van der Waals surface area contributed by atoms with Crippen LogP contribution in [0, 0.1) is 12.3 Å². The SMILES string of the molecule is C=C/C=C\C=C(/C)c1nc(-c2ccccc2)nc(-c2ccc3sc(C(=C/C)/C=C(\C=C)n4c(/C=C5\C(=C)C(/C=C\C=C)=C([B]C)C5(C)C)c(C)c([B]C)c4/C=C\C=C)nc3c2)n1. The van der Waals surface area contributed by atoms with Crippen molar-refractivity contribution >= 4 is 70.6 Å². The van der Waals surface area contributed by atoms with Crippen molar-refractivity contribution < 1.29 is 0 Å². The van der Waals surface area contributed by atoms with Gasteiger partial charge in [-0.15, -0.1) is 11.3 Å². The van der Waals surface area contributed by atoms with E-state index in [-0.39, 0.29) is 5.41 Å². The molecule has 306 valence electrons. The fraction of sp³-hybridized carbons (Fsp3) is 0.148. The summed E-state index contributed by atoms with van der Waals surface area (Å²) in [5.41, 5.74) is 14.0. The van der Waals surface area contributed by atoms with Gasteiger partial charge < -0.3 is 4.57 Å². The predicted octanol–water partition coefficient (Wildman–Crippen LogP) is 13.5. The van der Waals surface area contributed by atoms with Crippen LogP contribution in [-0.4, -0.2) is 39.1 Å². The summed E-state index contributed by atoms with van der Waals surface area (Å²) >= 11 is 1.65. The van der Waals surface area contributed by atoms with E-state index < -0.39 is 0 Å². The molecule has 0 bridgehead atoms. The van der Waals surface area contributed by atoms with E-state index in [1.54, 1.807) is 23.5 Å². The molecule has 8 heteroatoms. The lowest BCUT2D eigenvalue weighted by Gasteiger charge is -2.25. The van der Waals surface area contributed by atoms with Crippen molar-refractivity contribution in [3.8, 4) is 22.8 Å². The molecule has 0 atom stereocenters. The smallest absolute Gasteiger partial charge is 0.164 e. The monoisotopic (exact) mass is 825 g/mol. The maximum atomic E-state index is 5.22. The van der Waals surface area contributed by atoms with Gasteiger partial charge in [-0.1, -0.05) is 162 Å². The van der Waals surface area contributed by atoms with Crippen molar-refractivity contribution in [2.24, 2.45) is 5.41 Å². The second-order valence-electron chi connectivity index (χ2n) is 15.3. The Morgan fingerprint density at radius 3 is 2.15 bits per heavy atom. The highest BCUT2D eigenvalue weighted by molar-refractivity contribution is 7.19. The number of rotatable bonds is 16. The van der Waals surface area contributed by atoms with Crippen LogP contribution in [0.25, 0.3) is 62.0 Å². The minimum atomic E-state index is -0.280. The summed E-state index contributed by atoms with van der Waals surface area (Å²) in [7, 11) is 4.37. The van der Waals surface area contributed by atoms with Crippen LogP contribution >= 0.6 is 11.3 Å². The number of fused-ring (bicyclic) bond motifs is 1. The fourth-order valence-corrected chi connectivity index (χ4v) is 8.90. The largest absolute Gasteiger partial charge is 0.311 e. The van der Waals surface area contributed by atoms with Crippen molar-refractivity contribution in [1.82, 2.24) is 24.5 Å². The molecule has 5 aromatic rings. The molecule has 1 aliphatic carbocycles. The topological polar surface area (TPSA) is 56.5 Å². The number of benzene rings is 2. The van der Waals surface area contributed by atoms with Gasteiger partial charge in [-0.05, 0) is 91.1 Å². The zero-order chi connectivity index (χ0) is 44.6. The van der Waals surface area contributed by atoms with Gasteiger partial charge in [0, 0.05) is 39.2 Å². The standard InChI is InChI=1S/C54H53B2N5S/c1-13-18-22-25-35(6)50-58-51(39-26-23-21-24-27-39)60-52(59-50)40-30-31-47-44(33-40)57-53(62-47)38(16-4)32-41(17-5)61-45(29-20-15-3)48(55-11)37(8)46(61)34-43-36(7)42(28-19-14-2)49(56-12)54(43,9)10/h13-34H,1-3,5,7H2,4,6,8-12H3/b22-18-,28-19-,29-20-,35-25+,38-16+,41-32+,43-34+. The Bertz CT molecular complexity index is 2850. The minimum absolute atomic E-state index is 0.280. The lowest BCUT2D eigenvalue weighted by atomic mass is 9.60. The summed E-state index contributed by atoms with van der Waals surface area (Å²) in [6, 6.07) is 16.2. The second kappa shape index (κ2) is 19.8. The highest BCUT2D eigenvalue weighted by Gasteiger charge is 2.38. The van der Waals surface area contributed by atoms with E-state index in [1.165, 1.54) is 5.47 Å². The van der Waals surface area contributed by atoms with Gasteiger partial charge in [0.2, 0.25) is 0 Å². The van der Waals surface area contributed by atoms with E-state index in [2.05, 4.69) is 135 Å². The predicted molar refractivity (Wildman–Crippen MR) is 274 cm³/mol. The number of aromatic nitrogens is 5. The second-order valence-corrected chi connectivity index (χ2v) is 16.3. The molecule has 3 heterocycles. The van der Waals surface area contributed by atoms with Crippen LogP contribution in [0.4, 0.5) is 0 Å². The lowest BCUT2D eigenvalue weighted by Crippen LogP contribution is -2.17. The van der Waals surface area contributed by atoms with Gasteiger partial charge in [-0.25, -0.2) is 19.9 Å². The summed E-state index contributed by atoms with van der Waals surface area (Å²) in [6.45, 7) is 35.6. The van der Waals surface area contributed by atoms with Crippen molar-refractivity contribution in [3.63, 3.8) is 0 Å². The van der Waals surface area contributed by atoms with Gasteiger partial charge in [-0.3, -0.25) is 0 Å². The van der Waals surface area contributed by atoms with Gasteiger partial charge in [0.05, 0.1) is 10.2 Å². The van der Waals surface area contributed by atoms with Gasteiger partial charge in [-0.2, -0.15) is 0 Å². The zero-order valence-electron chi connectivity index (χ0n) is 37.0. The Balaban J connectivity index is 1.48. The van der Waals surface area contributed by atoms with Crippen LogP contribution in [0.1, 0.15) is 55.5 Å². The highest BCUT2D eigenvalue weighted by atomic mass is 32.1. The molecule has 0 unspecified atom stereocenters. The van der Waals surface area contributed by atoms with Crippen molar-refractivity contribution in [2.45, 2.75) is 48.3 Å². The molecular formula is C54H53B2N5S. The van der Waals surface area contributed by atoms with E-state index in [0.717, 1.165) is 82.3 Å². The number of thiazole rings is 1. The van der Waals surface area contributed by atoms with Crippen LogP contribution < -0.4 is 5.46 Å². The summed E-state index contributed by atoms with van der Waals surface area (Å²) in [5, 5.41) is 0.888. The maximum absolute atomic E-state index is 5.22. The molecule has 62 heavy (non-hydrogen) atoms. The van der Waals surface area contributed by atoms with Crippen LogP contribution in [-0.2, 0) is 0 Å². The molecule has 5 nitrogen and oxygen atoms in total. The number of hydrogen-bond acceptors (Lipinski definition) is 5. The van der Waals surface area contributed by atoms with Gasteiger partial charge >= 0.3 is 0 Å². The summed E-state index contributed by atoms with van der Waals surface area (Å²) in [5.74, 6) is 1.79. The Labute approximate surface area is 374 Å². The van der Waals surface area contributed by atoms with Crippen LogP contribution in [0.2, 0.25) is 13.6 Å². The third-order valence-electron chi connectivity index (χ3n) is 11.1. The van der Waals surface area contributed by atoms with Crippen molar-refractivity contribution in [1.29, 1.82) is 0 Å². The molecule has 0 spiro atoms.